The molecule has 3 atom stereocenters. The highest BCUT2D eigenvalue weighted by Crippen LogP contribution is 2.60. The molecule has 0 bridgehead atoms. The van der Waals surface area contributed by atoms with Gasteiger partial charge in [0.25, 0.3) is 0 Å². The van der Waals surface area contributed by atoms with Crippen LogP contribution in [-0.4, -0.2) is 60.8 Å². The number of hydrogen-bond acceptors (Lipinski definition) is 8. The van der Waals surface area contributed by atoms with Gasteiger partial charge in [0, 0.05) is 12.2 Å². The Morgan fingerprint density at radius 2 is 1.20 bits per heavy atom. The second-order valence-electron chi connectivity index (χ2n) is 15.6. The van der Waals surface area contributed by atoms with Crippen LogP contribution in [0.5, 0.6) is 11.5 Å². The van der Waals surface area contributed by atoms with E-state index in [1.165, 1.54) is 49.4 Å². The normalized spacial score (nSPS) is 16.1. The lowest BCUT2D eigenvalue weighted by Crippen LogP contribution is -2.31. The fourth-order valence-corrected chi connectivity index (χ4v) is 8.98. The van der Waals surface area contributed by atoms with E-state index in [2.05, 4.69) is 122 Å². The van der Waals surface area contributed by atoms with Gasteiger partial charge < -0.3 is 29.2 Å². The van der Waals surface area contributed by atoms with Crippen LogP contribution < -0.4 is 9.47 Å². The minimum absolute atomic E-state index is 0.0202. The van der Waals surface area contributed by atoms with E-state index in [-0.39, 0.29) is 26.4 Å². The first-order valence-corrected chi connectivity index (χ1v) is 20.4. The van der Waals surface area contributed by atoms with Gasteiger partial charge in [-0.15, -0.1) is 0 Å². The molecule has 0 aliphatic heterocycles. The molecule has 0 spiro atoms. The number of fused-ring (bicyclic) bond motifs is 8. The topological polar surface area (TPSA) is 112 Å². The molecule has 0 saturated heterocycles. The molecule has 0 amide bonds. The average molecular weight is 809 g/mol. The number of esters is 2. The van der Waals surface area contributed by atoms with Crippen molar-refractivity contribution in [3.05, 3.63) is 186 Å². The molecule has 0 heterocycles. The fourth-order valence-electron chi connectivity index (χ4n) is 8.98. The van der Waals surface area contributed by atoms with E-state index >= 15 is 0 Å². The van der Waals surface area contributed by atoms with Crippen molar-refractivity contribution in [1.29, 1.82) is 0 Å². The molecule has 0 aromatic heterocycles. The lowest BCUT2D eigenvalue weighted by atomic mass is 9.64. The molecule has 304 valence electrons. The summed E-state index contributed by atoms with van der Waals surface area (Å²) in [5, 5.41) is 27.5. The van der Waals surface area contributed by atoms with Crippen LogP contribution in [0.25, 0.3) is 49.5 Å². The molecule has 2 N–H and O–H groups in total. The molecule has 3 unspecified atom stereocenters. The number of aliphatic hydroxyl groups is 2. The first-order valence-electron chi connectivity index (χ1n) is 20.4. The third-order valence-corrected chi connectivity index (χ3v) is 11.8. The fraction of sp³-hybridized carbons (Fsp3) is 0.170. The van der Waals surface area contributed by atoms with E-state index < -0.39 is 29.6 Å². The van der Waals surface area contributed by atoms with Gasteiger partial charge in [-0.3, -0.25) is 0 Å². The summed E-state index contributed by atoms with van der Waals surface area (Å²) in [5.41, 5.74) is 8.99. The van der Waals surface area contributed by atoms with Gasteiger partial charge in [0.1, 0.15) is 50.1 Å². The monoisotopic (exact) mass is 808 g/mol. The van der Waals surface area contributed by atoms with Gasteiger partial charge >= 0.3 is 11.9 Å². The van der Waals surface area contributed by atoms with Crippen LogP contribution in [0.2, 0.25) is 0 Å². The lowest BCUT2D eigenvalue weighted by molar-refractivity contribution is -0.142. The summed E-state index contributed by atoms with van der Waals surface area (Å²) in [6.45, 7) is 6.36. The predicted molar refractivity (Wildman–Crippen MR) is 239 cm³/mol. The van der Waals surface area contributed by atoms with Crippen LogP contribution in [0, 0.1) is 0 Å². The van der Waals surface area contributed by atoms with Crippen LogP contribution in [-0.2, 0) is 30.9 Å². The Hall–Kier alpha value is -7.00. The first-order chi connectivity index (χ1) is 29.7. The van der Waals surface area contributed by atoms with Gasteiger partial charge in [0.2, 0.25) is 0 Å². The highest BCUT2D eigenvalue weighted by atomic mass is 16.6. The number of hydrogen-bond donors (Lipinski definition) is 2. The smallest absolute Gasteiger partial charge is 0.330 e. The summed E-state index contributed by atoms with van der Waals surface area (Å²) in [6, 6.07) is 45.2. The van der Waals surface area contributed by atoms with Gasteiger partial charge in [-0.2, -0.15) is 0 Å². The molecular weight excluding hydrogens is 765 g/mol. The number of ether oxygens (including phenoxy) is 4. The molecule has 0 fully saturated rings. The average Bonchev–Trinajstić information content (AvgIpc) is 3.59. The largest absolute Gasteiger partial charge is 0.491 e. The third kappa shape index (κ3) is 7.45. The Kier molecular flexibility index (Phi) is 10.7. The van der Waals surface area contributed by atoms with Crippen molar-refractivity contribution in [3.8, 4) is 22.6 Å². The number of rotatable bonds is 14. The molecule has 9 rings (SSSR count). The van der Waals surface area contributed by atoms with E-state index in [0.717, 1.165) is 52.5 Å². The van der Waals surface area contributed by atoms with Gasteiger partial charge in [0.05, 0.1) is 5.41 Å². The Bertz CT molecular complexity index is 2910. The molecule has 8 heteroatoms. The zero-order valence-corrected chi connectivity index (χ0v) is 33.5. The number of carbonyl (C=O) groups is 2. The quantitative estimate of drug-likeness (QED) is 0.0827. The van der Waals surface area contributed by atoms with Gasteiger partial charge in [-0.1, -0.05) is 104 Å². The van der Waals surface area contributed by atoms with Crippen LogP contribution in [0.3, 0.4) is 0 Å². The SMILES string of the molecule is C=CC(=O)OCC(O)COc1ccc2c(c1)CCC(C1(c3ccc4cc(OCC(O)COC(=O)C=C)ccc4c3)c3cc4ccccc4cc3-c3c1ccc1ccccc31)=C2. The number of aliphatic hydroxyl groups excluding tert-OH is 2. The van der Waals surface area contributed by atoms with Crippen molar-refractivity contribution in [1.82, 2.24) is 0 Å². The van der Waals surface area contributed by atoms with Gasteiger partial charge in [-0.25, -0.2) is 9.59 Å². The highest BCUT2D eigenvalue weighted by molar-refractivity contribution is 6.07. The first kappa shape index (κ1) is 39.5. The molecule has 2 aliphatic rings. The molecule has 7 aromatic carbocycles. The zero-order valence-electron chi connectivity index (χ0n) is 33.5. The molecule has 7 aromatic rings. The van der Waals surface area contributed by atoms with E-state index in [1.807, 2.05) is 24.3 Å². The standard InChI is InChI=1S/C53H44O8/c1-3-50(56)60-31-42(54)29-58-44-20-15-36-23-40(18-13-38(36)25-44)53(41-19-14-39-26-45(21-16-37(39)24-41)59-30-43(55)32-61-51(57)4-2)48-22-17-33-9-7-8-12-46(33)52(48)47-27-34-10-5-6-11-35(34)28-49(47)53/h3-13,15-18,20-28,42-43,54-55H,1-2,14,19,29-32H2. The number of carbonyl (C=O) groups excluding carboxylic acids is 2. The Labute approximate surface area is 353 Å². The third-order valence-electron chi connectivity index (χ3n) is 11.8. The van der Waals surface area contributed by atoms with Crippen LogP contribution >= 0.6 is 0 Å². The van der Waals surface area contributed by atoms with E-state index in [0.29, 0.717) is 11.5 Å². The summed E-state index contributed by atoms with van der Waals surface area (Å²) in [7, 11) is 0. The van der Waals surface area contributed by atoms with Crippen molar-refractivity contribution in [2.24, 2.45) is 0 Å². The Morgan fingerprint density at radius 1 is 0.607 bits per heavy atom. The second-order valence-corrected chi connectivity index (χ2v) is 15.6. The number of benzene rings is 7. The molecule has 0 radical (unpaired) electrons. The second kappa shape index (κ2) is 16.6. The van der Waals surface area contributed by atoms with Crippen molar-refractivity contribution in [3.63, 3.8) is 0 Å². The zero-order chi connectivity index (χ0) is 42.1. The van der Waals surface area contributed by atoms with Crippen LogP contribution in [0.15, 0.2) is 158 Å². The van der Waals surface area contributed by atoms with Crippen LogP contribution in [0.4, 0.5) is 0 Å². The van der Waals surface area contributed by atoms with Crippen molar-refractivity contribution >= 4 is 50.3 Å². The summed E-state index contributed by atoms with van der Waals surface area (Å²) < 4.78 is 21.8. The molecule has 0 saturated carbocycles. The number of allylic oxidation sites excluding steroid dienone is 1. The Morgan fingerprint density at radius 3 is 1.92 bits per heavy atom. The molecule has 2 aliphatic carbocycles. The number of aryl methyl sites for hydroxylation is 1. The summed E-state index contributed by atoms with van der Waals surface area (Å²) >= 11 is 0. The minimum atomic E-state index is -0.988. The van der Waals surface area contributed by atoms with Crippen molar-refractivity contribution in [2.45, 2.75) is 30.5 Å². The van der Waals surface area contributed by atoms with Crippen LogP contribution in [0.1, 0.15) is 34.2 Å². The minimum Gasteiger partial charge on any atom is -0.491 e. The summed E-state index contributed by atoms with van der Waals surface area (Å²) in [5.74, 6) is 0.0428. The van der Waals surface area contributed by atoms with E-state index in [1.54, 1.807) is 0 Å². The van der Waals surface area contributed by atoms with Gasteiger partial charge in [0.15, 0.2) is 0 Å². The van der Waals surface area contributed by atoms with E-state index in [9.17, 15) is 19.8 Å². The maximum Gasteiger partial charge on any atom is 0.330 e. The molecule has 61 heavy (non-hydrogen) atoms. The maximum absolute atomic E-state index is 11.5. The van der Waals surface area contributed by atoms with Gasteiger partial charge in [-0.05, 0) is 132 Å². The summed E-state index contributed by atoms with van der Waals surface area (Å²) in [4.78, 5) is 22.9. The lowest BCUT2D eigenvalue weighted by Gasteiger charge is -2.38. The predicted octanol–water partition coefficient (Wildman–Crippen LogP) is 9.43. The highest BCUT2D eigenvalue weighted by Gasteiger charge is 2.48. The van der Waals surface area contributed by atoms with Crippen molar-refractivity contribution < 1.29 is 38.7 Å². The van der Waals surface area contributed by atoms with E-state index in [4.69, 9.17) is 18.9 Å². The summed E-state index contributed by atoms with van der Waals surface area (Å²) in [6.07, 6.45) is 4.07. The Balaban J connectivity index is 1.15. The molecule has 8 nitrogen and oxygen atoms in total. The van der Waals surface area contributed by atoms with Crippen molar-refractivity contribution in [2.75, 3.05) is 26.4 Å². The maximum atomic E-state index is 11.5. The molecular formula is C53H44O8.